The maximum absolute atomic E-state index is 11.9. The summed E-state index contributed by atoms with van der Waals surface area (Å²) in [5.74, 6) is 1.11. The molecule has 1 aliphatic rings. The summed E-state index contributed by atoms with van der Waals surface area (Å²) in [6.07, 6.45) is -0.0893. The summed E-state index contributed by atoms with van der Waals surface area (Å²) in [5.41, 5.74) is 3.45. The van der Waals surface area contributed by atoms with Crippen molar-refractivity contribution in [2.75, 3.05) is 24.7 Å². The molecule has 0 aromatic heterocycles. The summed E-state index contributed by atoms with van der Waals surface area (Å²) < 4.78 is 29.6. The number of benzene rings is 2. The molecule has 1 aliphatic heterocycles. The number of aryl methyl sites for hydroxylation is 2. The molecule has 0 aliphatic carbocycles. The molecule has 3 rings (SSSR count). The van der Waals surface area contributed by atoms with Crippen molar-refractivity contribution in [3.05, 3.63) is 65.2 Å². The highest BCUT2D eigenvalue weighted by molar-refractivity contribution is 7.91. The van der Waals surface area contributed by atoms with Gasteiger partial charge in [0.1, 0.15) is 18.5 Å². The van der Waals surface area contributed by atoms with Gasteiger partial charge in [-0.2, -0.15) is 0 Å². The minimum atomic E-state index is -2.99. The van der Waals surface area contributed by atoms with Crippen LogP contribution in [0.3, 0.4) is 0 Å². The first-order chi connectivity index (χ1) is 13.3. The molecule has 1 N–H and O–H groups in total. The van der Waals surface area contributed by atoms with Crippen molar-refractivity contribution in [2.45, 2.75) is 39.0 Å². The van der Waals surface area contributed by atoms with Crippen LogP contribution in [0, 0.1) is 13.8 Å². The highest BCUT2D eigenvalue weighted by atomic mass is 32.2. The van der Waals surface area contributed by atoms with Crippen LogP contribution < -0.4 is 4.74 Å². The zero-order valence-corrected chi connectivity index (χ0v) is 17.4. The summed E-state index contributed by atoms with van der Waals surface area (Å²) in [6, 6.07) is 15.7. The van der Waals surface area contributed by atoms with Crippen LogP contribution in [0.4, 0.5) is 0 Å². The van der Waals surface area contributed by atoms with Crippen LogP contribution in [0.1, 0.15) is 23.1 Å². The van der Waals surface area contributed by atoms with Gasteiger partial charge in [-0.05, 0) is 49.1 Å². The van der Waals surface area contributed by atoms with E-state index in [0.29, 0.717) is 19.5 Å². The lowest BCUT2D eigenvalue weighted by molar-refractivity contribution is 0.0524. The van der Waals surface area contributed by atoms with E-state index in [0.717, 1.165) is 16.9 Å². The van der Waals surface area contributed by atoms with Crippen molar-refractivity contribution >= 4 is 9.84 Å². The van der Waals surface area contributed by atoms with E-state index in [1.807, 2.05) is 62.4 Å². The molecule has 6 heteroatoms. The number of sulfone groups is 1. The molecule has 1 saturated heterocycles. The fourth-order valence-corrected chi connectivity index (χ4v) is 5.31. The standard InChI is InChI=1S/C22H29NO4S/c1-17-8-9-22(12-18(17)2)27-15-21(24)14-23(13-19-6-4-3-5-7-19)20-10-11-28(25,26)16-20/h3-9,12,20-21,24H,10-11,13-16H2,1-2H3. The molecular formula is C22H29NO4S. The molecule has 2 aromatic carbocycles. The molecule has 2 atom stereocenters. The molecule has 1 fully saturated rings. The van der Waals surface area contributed by atoms with Gasteiger partial charge >= 0.3 is 0 Å². The van der Waals surface area contributed by atoms with Gasteiger partial charge in [0.25, 0.3) is 0 Å². The molecule has 1 heterocycles. The third kappa shape index (κ3) is 5.80. The minimum Gasteiger partial charge on any atom is -0.491 e. The zero-order chi connectivity index (χ0) is 20.1. The molecule has 0 amide bonds. The van der Waals surface area contributed by atoms with Gasteiger partial charge in [-0.25, -0.2) is 8.42 Å². The van der Waals surface area contributed by atoms with E-state index >= 15 is 0 Å². The topological polar surface area (TPSA) is 66.8 Å². The Morgan fingerprint density at radius 2 is 1.89 bits per heavy atom. The molecular weight excluding hydrogens is 374 g/mol. The zero-order valence-electron chi connectivity index (χ0n) is 16.5. The van der Waals surface area contributed by atoms with Crippen LogP contribution in [-0.2, 0) is 16.4 Å². The Kier molecular flexibility index (Phi) is 6.75. The van der Waals surface area contributed by atoms with Crippen LogP contribution in [-0.4, -0.2) is 55.2 Å². The van der Waals surface area contributed by atoms with Crippen LogP contribution in [0.25, 0.3) is 0 Å². The summed E-state index contributed by atoms with van der Waals surface area (Å²) in [6.45, 7) is 5.24. The van der Waals surface area contributed by atoms with E-state index in [4.69, 9.17) is 4.74 Å². The van der Waals surface area contributed by atoms with Crippen molar-refractivity contribution < 1.29 is 18.3 Å². The van der Waals surface area contributed by atoms with Crippen LogP contribution >= 0.6 is 0 Å². The van der Waals surface area contributed by atoms with Crippen molar-refractivity contribution in [1.29, 1.82) is 0 Å². The lowest BCUT2D eigenvalue weighted by atomic mass is 10.1. The van der Waals surface area contributed by atoms with Gasteiger partial charge in [-0.1, -0.05) is 36.4 Å². The second kappa shape index (κ2) is 9.07. The Morgan fingerprint density at radius 3 is 2.54 bits per heavy atom. The Labute approximate surface area is 167 Å². The van der Waals surface area contributed by atoms with E-state index < -0.39 is 15.9 Å². The first-order valence-electron chi connectivity index (χ1n) is 9.69. The van der Waals surface area contributed by atoms with E-state index in [9.17, 15) is 13.5 Å². The highest BCUT2D eigenvalue weighted by Gasteiger charge is 2.33. The van der Waals surface area contributed by atoms with Gasteiger partial charge < -0.3 is 9.84 Å². The number of nitrogens with zero attached hydrogens (tertiary/aromatic N) is 1. The Hall–Kier alpha value is -1.89. The highest BCUT2D eigenvalue weighted by Crippen LogP contribution is 2.21. The SMILES string of the molecule is Cc1ccc(OCC(O)CN(Cc2ccccc2)C2CCS(=O)(=O)C2)cc1C. The summed E-state index contributed by atoms with van der Waals surface area (Å²) in [4.78, 5) is 2.08. The fourth-order valence-electron chi connectivity index (χ4n) is 3.54. The number of rotatable bonds is 8. The first kappa shape index (κ1) is 20.8. The summed E-state index contributed by atoms with van der Waals surface area (Å²) in [7, 11) is -2.99. The van der Waals surface area contributed by atoms with Crippen molar-refractivity contribution in [3.8, 4) is 5.75 Å². The lowest BCUT2D eigenvalue weighted by Crippen LogP contribution is -2.42. The average Bonchev–Trinajstić information content (AvgIpc) is 3.03. The number of hydrogen-bond donors (Lipinski definition) is 1. The summed E-state index contributed by atoms with van der Waals surface area (Å²) in [5, 5.41) is 10.6. The second-order valence-electron chi connectivity index (χ2n) is 7.68. The maximum Gasteiger partial charge on any atom is 0.151 e. The van der Waals surface area contributed by atoms with Crippen LogP contribution in [0.2, 0.25) is 0 Å². The Balaban J connectivity index is 1.63. The first-order valence-corrected chi connectivity index (χ1v) is 11.5. The van der Waals surface area contributed by atoms with Crippen molar-refractivity contribution in [1.82, 2.24) is 4.90 Å². The molecule has 0 bridgehead atoms. The smallest absolute Gasteiger partial charge is 0.151 e. The molecule has 2 aromatic rings. The summed E-state index contributed by atoms with van der Waals surface area (Å²) >= 11 is 0. The van der Waals surface area contributed by atoms with Crippen LogP contribution in [0.15, 0.2) is 48.5 Å². The quantitative estimate of drug-likeness (QED) is 0.734. The van der Waals surface area contributed by atoms with Crippen LogP contribution in [0.5, 0.6) is 5.75 Å². The average molecular weight is 404 g/mol. The third-order valence-electron chi connectivity index (χ3n) is 5.32. The van der Waals surface area contributed by atoms with Gasteiger partial charge in [0.05, 0.1) is 11.5 Å². The predicted molar refractivity (Wildman–Crippen MR) is 111 cm³/mol. The largest absolute Gasteiger partial charge is 0.491 e. The third-order valence-corrected chi connectivity index (χ3v) is 7.07. The Bertz CT molecular complexity index is 883. The Morgan fingerprint density at radius 1 is 1.14 bits per heavy atom. The van der Waals surface area contributed by atoms with Gasteiger partial charge in [0.2, 0.25) is 0 Å². The van der Waals surface area contributed by atoms with Gasteiger partial charge in [0.15, 0.2) is 9.84 Å². The molecule has 2 unspecified atom stereocenters. The predicted octanol–water partition coefficient (Wildman–Crippen LogP) is 2.73. The van der Waals surface area contributed by atoms with Crippen molar-refractivity contribution in [3.63, 3.8) is 0 Å². The van der Waals surface area contributed by atoms with E-state index in [1.54, 1.807) is 0 Å². The fraction of sp³-hybridized carbons (Fsp3) is 0.455. The van der Waals surface area contributed by atoms with Gasteiger partial charge in [-0.15, -0.1) is 0 Å². The van der Waals surface area contributed by atoms with E-state index in [1.165, 1.54) is 5.56 Å². The molecule has 5 nitrogen and oxygen atoms in total. The number of ether oxygens (including phenoxy) is 1. The monoisotopic (exact) mass is 403 g/mol. The molecule has 152 valence electrons. The van der Waals surface area contributed by atoms with E-state index in [-0.39, 0.29) is 24.2 Å². The van der Waals surface area contributed by atoms with Gasteiger partial charge in [0, 0.05) is 19.1 Å². The normalized spacial score (nSPS) is 19.6. The number of aliphatic hydroxyl groups excluding tert-OH is 1. The molecule has 0 spiro atoms. The molecule has 28 heavy (non-hydrogen) atoms. The molecule has 0 saturated carbocycles. The number of hydrogen-bond acceptors (Lipinski definition) is 5. The maximum atomic E-state index is 11.9. The van der Waals surface area contributed by atoms with E-state index in [2.05, 4.69) is 4.90 Å². The van der Waals surface area contributed by atoms with Crippen molar-refractivity contribution in [2.24, 2.45) is 0 Å². The minimum absolute atomic E-state index is 0.0681. The molecule has 0 radical (unpaired) electrons. The number of aliphatic hydroxyl groups is 1. The lowest BCUT2D eigenvalue weighted by Gasteiger charge is -2.30. The second-order valence-corrected chi connectivity index (χ2v) is 9.91. The van der Waals surface area contributed by atoms with Gasteiger partial charge in [-0.3, -0.25) is 4.90 Å².